The number of carbonyl (C=O) groups is 1. The lowest BCUT2D eigenvalue weighted by atomic mass is 9.91. The predicted octanol–water partition coefficient (Wildman–Crippen LogP) is 3.93. The van der Waals surface area contributed by atoms with Crippen LogP contribution in [0.15, 0.2) is 0 Å². The third-order valence-electron chi connectivity index (χ3n) is 3.81. The summed E-state index contributed by atoms with van der Waals surface area (Å²) in [5, 5.41) is 19.2. The van der Waals surface area contributed by atoms with E-state index < -0.39 is 60.4 Å². The molecule has 0 heterocycles. The van der Waals surface area contributed by atoms with Gasteiger partial charge in [0, 0.05) is 6.54 Å². The lowest BCUT2D eigenvalue weighted by Crippen LogP contribution is -2.72. The van der Waals surface area contributed by atoms with E-state index in [1.165, 1.54) is 12.2 Å². The van der Waals surface area contributed by atoms with Crippen LogP contribution in [0.1, 0.15) is 19.8 Å². The highest BCUT2D eigenvalue weighted by Crippen LogP contribution is 2.60. The molecule has 3 N–H and O–H groups in total. The highest BCUT2D eigenvalue weighted by atomic mass is 19.4. The molecule has 30 heavy (non-hydrogen) atoms. The Hall–Kier alpha value is -1.52. The Morgan fingerprint density at radius 3 is 1.53 bits per heavy atom. The van der Waals surface area contributed by atoms with E-state index in [4.69, 9.17) is 10.2 Å². The van der Waals surface area contributed by atoms with Crippen LogP contribution in [0.25, 0.3) is 0 Å². The van der Waals surface area contributed by atoms with Crippen molar-refractivity contribution in [2.75, 3.05) is 6.54 Å². The van der Waals surface area contributed by atoms with E-state index in [-0.39, 0.29) is 12.8 Å². The van der Waals surface area contributed by atoms with Crippen molar-refractivity contribution in [1.82, 2.24) is 5.32 Å². The molecule has 180 valence electrons. The molecular formula is C13H14F13NO3. The number of carboxylic acids is 1. The summed E-state index contributed by atoms with van der Waals surface area (Å²) in [5.41, 5.74) is 0. The molecule has 0 fully saturated rings. The van der Waals surface area contributed by atoms with E-state index in [0.717, 1.165) is 0 Å². The normalized spacial score (nSPS) is 17.0. The summed E-state index contributed by atoms with van der Waals surface area (Å²) >= 11 is 0. The second-order valence-electron chi connectivity index (χ2n) is 6.02. The summed E-state index contributed by atoms with van der Waals surface area (Å²) in [5.74, 6) is -40.1. The van der Waals surface area contributed by atoms with Gasteiger partial charge in [-0.15, -0.1) is 0 Å². The van der Waals surface area contributed by atoms with E-state index in [0.29, 0.717) is 0 Å². The molecule has 2 atom stereocenters. The SMILES string of the molecule is CCC[C@H](NC[C@H](O)C(F)(F)C(F)(F)C(F)(F)C(F)(F)C(F)(F)C(F)(F)F)C(=O)O. The molecule has 0 aromatic carbocycles. The van der Waals surface area contributed by atoms with Gasteiger partial charge in [0.25, 0.3) is 0 Å². The third kappa shape index (κ3) is 4.55. The Labute approximate surface area is 159 Å². The molecule has 0 spiro atoms. The first-order valence-electron chi connectivity index (χ1n) is 7.64. The van der Waals surface area contributed by atoms with E-state index in [9.17, 15) is 61.9 Å². The van der Waals surface area contributed by atoms with Gasteiger partial charge in [0.1, 0.15) is 12.1 Å². The highest BCUT2D eigenvalue weighted by Gasteiger charge is 2.91. The Kier molecular flexibility index (Phi) is 8.11. The standard InChI is InChI=1S/C13H14F13NO3/c1-2-3-5(7(29)30)27-4-6(28)8(14,15)9(16,17)10(18,19)11(20,21)12(22,23)13(24,25)26/h5-6,27-28H,2-4H2,1H3,(H,29,30)/t5-,6-/m0/s1. The molecule has 4 nitrogen and oxygen atoms in total. The number of hydrogen-bond donors (Lipinski definition) is 3. The van der Waals surface area contributed by atoms with Crippen molar-refractivity contribution in [3.05, 3.63) is 0 Å². The first-order chi connectivity index (χ1) is 13.0. The largest absolute Gasteiger partial charge is 0.480 e. The monoisotopic (exact) mass is 479 g/mol. The van der Waals surface area contributed by atoms with Crippen molar-refractivity contribution in [3.8, 4) is 0 Å². The molecule has 0 amide bonds. The van der Waals surface area contributed by atoms with Gasteiger partial charge in [0.05, 0.1) is 0 Å². The molecule has 0 aliphatic carbocycles. The van der Waals surface area contributed by atoms with Crippen molar-refractivity contribution in [2.24, 2.45) is 0 Å². The highest BCUT2D eigenvalue weighted by molar-refractivity contribution is 5.73. The molecule has 0 saturated carbocycles. The Balaban J connectivity index is 5.97. The Bertz CT molecular complexity index is 606. The first-order valence-corrected chi connectivity index (χ1v) is 7.64. The maximum atomic E-state index is 13.6. The fraction of sp³-hybridized carbons (Fsp3) is 0.923. The summed E-state index contributed by atoms with van der Waals surface area (Å²) in [6.07, 6.45) is -11.9. The van der Waals surface area contributed by atoms with Gasteiger partial charge >= 0.3 is 41.8 Å². The molecule has 0 radical (unpaired) electrons. The summed E-state index contributed by atoms with van der Waals surface area (Å²) in [4.78, 5) is 10.8. The molecule has 0 saturated heterocycles. The lowest BCUT2D eigenvalue weighted by Gasteiger charge is -2.40. The molecule has 0 bridgehead atoms. The number of carboxylic acid groups (broad SMARTS) is 1. The lowest BCUT2D eigenvalue weighted by molar-refractivity contribution is -0.444. The zero-order chi connectivity index (χ0) is 24.6. The Morgan fingerprint density at radius 2 is 1.20 bits per heavy atom. The fourth-order valence-corrected chi connectivity index (χ4v) is 1.97. The van der Waals surface area contributed by atoms with Crippen molar-refractivity contribution >= 4 is 5.97 Å². The molecule has 0 rings (SSSR count). The van der Waals surface area contributed by atoms with Crippen LogP contribution >= 0.6 is 0 Å². The number of rotatable bonds is 11. The minimum absolute atomic E-state index is 0.0451. The molecule has 0 aromatic rings. The van der Waals surface area contributed by atoms with Crippen LogP contribution < -0.4 is 5.32 Å². The summed E-state index contributed by atoms with van der Waals surface area (Å²) < 4.78 is 168. The number of aliphatic hydroxyl groups is 1. The van der Waals surface area contributed by atoms with E-state index in [2.05, 4.69) is 0 Å². The predicted molar refractivity (Wildman–Crippen MR) is 71.1 cm³/mol. The molecule has 0 unspecified atom stereocenters. The zero-order valence-electron chi connectivity index (χ0n) is 14.5. The number of nitrogens with one attached hydrogen (secondary N) is 1. The van der Waals surface area contributed by atoms with E-state index >= 15 is 0 Å². The van der Waals surface area contributed by atoms with Crippen LogP contribution in [0.5, 0.6) is 0 Å². The second kappa shape index (κ2) is 8.55. The van der Waals surface area contributed by atoms with Crippen molar-refractivity contribution in [2.45, 2.75) is 67.7 Å². The molecule has 17 heteroatoms. The molecule has 0 aromatic heterocycles. The zero-order valence-corrected chi connectivity index (χ0v) is 14.5. The number of halogens is 13. The number of alkyl halides is 13. The molecule has 0 aliphatic heterocycles. The van der Waals surface area contributed by atoms with Gasteiger partial charge in [-0.2, -0.15) is 57.1 Å². The third-order valence-corrected chi connectivity index (χ3v) is 3.81. The quantitative estimate of drug-likeness (QED) is 0.393. The average molecular weight is 479 g/mol. The Morgan fingerprint density at radius 1 is 0.800 bits per heavy atom. The van der Waals surface area contributed by atoms with Crippen LogP contribution in [0, 0.1) is 0 Å². The average Bonchev–Trinajstić information content (AvgIpc) is 2.56. The summed E-state index contributed by atoms with van der Waals surface area (Å²) in [6.45, 7) is -0.586. The first kappa shape index (κ1) is 28.5. The van der Waals surface area contributed by atoms with E-state index in [1.54, 1.807) is 0 Å². The number of hydrogen-bond acceptors (Lipinski definition) is 3. The van der Waals surface area contributed by atoms with Crippen molar-refractivity contribution in [1.29, 1.82) is 0 Å². The van der Waals surface area contributed by atoms with Crippen LogP contribution in [0.3, 0.4) is 0 Å². The van der Waals surface area contributed by atoms with Gasteiger partial charge in [0.15, 0.2) is 0 Å². The summed E-state index contributed by atoms with van der Waals surface area (Å²) in [7, 11) is 0. The number of aliphatic carboxylic acids is 1. The van der Waals surface area contributed by atoms with Gasteiger partial charge in [0.2, 0.25) is 0 Å². The van der Waals surface area contributed by atoms with Crippen molar-refractivity contribution < 1.29 is 72.1 Å². The maximum absolute atomic E-state index is 13.6. The van der Waals surface area contributed by atoms with Gasteiger partial charge in [-0.1, -0.05) is 13.3 Å². The smallest absolute Gasteiger partial charge is 0.460 e. The van der Waals surface area contributed by atoms with Gasteiger partial charge in [-0.3, -0.25) is 4.79 Å². The fourth-order valence-electron chi connectivity index (χ4n) is 1.97. The van der Waals surface area contributed by atoms with Crippen molar-refractivity contribution in [3.63, 3.8) is 0 Å². The van der Waals surface area contributed by atoms with Gasteiger partial charge in [-0.05, 0) is 6.42 Å². The van der Waals surface area contributed by atoms with Crippen LogP contribution in [0.4, 0.5) is 57.1 Å². The maximum Gasteiger partial charge on any atom is 0.460 e. The number of aliphatic hydroxyl groups excluding tert-OH is 1. The minimum atomic E-state index is -8.07. The van der Waals surface area contributed by atoms with Gasteiger partial charge in [-0.25, -0.2) is 0 Å². The minimum Gasteiger partial charge on any atom is -0.480 e. The summed E-state index contributed by atoms with van der Waals surface area (Å²) in [6, 6.07) is -1.80. The second-order valence-corrected chi connectivity index (χ2v) is 6.02. The topological polar surface area (TPSA) is 69.6 Å². The van der Waals surface area contributed by atoms with Gasteiger partial charge < -0.3 is 15.5 Å². The molecular weight excluding hydrogens is 465 g/mol. The molecule has 0 aliphatic rings. The van der Waals surface area contributed by atoms with Crippen LogP contribution in [-0.4, -0.2) is 70.7 Å². The van der Waals surface area contributed by atoms with Crippen LogP contribution in [-0.2, 0) is 4.79 Å². The van der Waals surface area contributed by atoms with E-state index in [1.807, 2.05) is 0 Å². The van der Waals surface area contributed by atoms with Crippen LogP contribution in [0.2, 0.25) is 0 Å².